The number of benzene rings is 1. The van der Waals surface area contributed by atoms with Gasteiger partial charge < -0.3 is 10.5 Å². The molecule has 0 radical (unpaired) electrons. The molecule has 0 bridgehead atoms. The van der Waals surface area contributed by atoms with Gasteiger partial charge in [-0.25, -0.2) is 8.42 Å². The van der Waals surface area contributed by atoms with Gasteiger partial charge in [0.05, 0.1) is 18.1 Å². The Labute approximate surface area is 121 Å². The van der Waals surface area contributed by atoms with Crippen molar-refractivity contribution in [1.82, 2.24) is 0 Å². The van der Waals surface area contributed by atoms with Crippen LogP contribution < -0.4 is 5.73 Å². The molecule has 2 unspecified atom stereocenters. The Morgan fingerprint density at radius 3 is 2.50 bits per heavy atom. The standard InChI is InChI=1S/C15H23NO3S/c1-11-5-12(2)7-13(6-11)9-20(17,18)10-15(16)14-3-4-19-8-14/h5-7,14-15H,3-4,8-10,16H2,1-2H3. The highest BCUT2D eigenvalue weighted by Crippen LogP contribution is 2.18. The Morgan fingerprint density at radius 2 is 1.95 bits per heavy atom. The molecule has 1 aliphatic rings. The Hall–Kier alpha value is -0.910. The number of hydrogen-bond acceptors (Lipinski definition) is 4. The molecule has 2 atom stereocenters. The Morgan fingerprint density at radius 1 is 1.30 bits per heavy atom. The van der Waals surface area contributed by atoms with Crippen LogP contribution in [0.25, 0.3) is 0 Å². The van der Waals surface area contributed by atoms with E-state index in [2.05, 4.69) is 0 Å². The molecule has 4 nitrogen and oxygen atoms in total. The number of hydrogen-bond donors (Lipinski definition) is 1. The van der Waals surface area contributed by atoms with Crippen molar-refractivity contribution in [3.8, 4) is 0 Å². The summed E-state index contributed by atoms with van der Waals surface area (Å²) < 4.78 is 29.8. The second-order valence-electron chi connectivity index (χ2n) is 5.84. The van der Waals surface area contributed by atoms with E-state index in [-0.39, 0.29) is 23.5 Å². The summed E-state index contributed by atoms with van der Waals surface area (Å²) in [6.45, 7) is 5.23. The summed E-state index contributed by atoms with van der Waals surface area (Å²) in [6, 6.07) is 5.56. The third-order valence-corrected chi connectivity index (χ3v) is 5.35. The van der Waals surface area contributed by atoms with Crippen molar-refractivity contribution in [3.05, 3.63) is 34.9 Å². The first kappa shape index (κ1) is 15.5. The lowest BCUT2D eigenvalue weighted by Gasteiger charge is -2.17. The van der Waals surface area contributed by atoms with Crippen LogP contribution in [-0.2, 0) is 20.3 Å². The van der Waals surface area contributed by atoms with E-state index in [4.69, 9.17) is 10.5 Å². The van der Waals surface area contributed by atoms with Crippen molar-refractivity contribution in [1.29, 1.82) is 0 Å². The van der Waals surface area contributed by atoms with Gasteiger partial charge >= 0.3 is 0 Å². The Balaban J connectivity index is 2.02. The van der Waals surface area contributed by atoms with Gasteiger partial charge in [0.1, 0.15) is 0 Å². The van der Waals surface area contributed by atoms with Gasteiger partial charge in [-0.3, -0.25) is 0 Å². The minimum Gasteiger partial charge on any atom is -0.381 e. The van der Waals surface area contributed by atoms with Crippen molar-refractivity contribution < 1.29 is 13.2 Å². The van der Waals surface area contributed by atoms with Crippen molar-refractivity contribution >= 4 is 9.84 Å². The topological polar surface area (TPSA) is 69.4 Å². The third-order valence-electron chi connectivity index (χ3n) is 3.68. The van der Waals surface area contributed by atoms with Gasteiger partial charge in [0, 0.05) is 18.6 Å². The average molecular weight is 297 g/mol. The molecule has 1 aliphatic heterocycles. The Kier molecular flexibility index (Phi) is 4.83. The van der Waals surface area contributed by atoms with E-state index in [9.17, 15) is 8.42 Å². The van der Waals surface area contributed by atoms with Gasteiger partial charge in [-0.2, -0.15) is 0 Å². The van der Waals surface area contributed by atoms with E-state index in [0.717, 1.165) is 23.1 Å². The van der Waals surface area contributed by atoms with Crippen LogP contribution in [0.2, 0.25) is 0 Å². The number of aryl methyl sites for hydroxylation is 2. The zero-order chi connectivity index (χ0) is 14.8. The molecular weight excluding hydrogens is 274 g/mol. The second kappa shape index (κ2) is 6.24. The first-order valence-electron chi connectivity index (χ1n) is 6.97. The number of ether oxygens (including phenoxy) is 1. The number of sulfone groups is 1. The SMILES string of the molecule is Cc1cc(C)cc(CS(=O)(=O)CC(N)C2CCOC2)c1. The first-order valence-corrected chi connectivity index (χ1v) is 8.79. The van der Waals surface area contributed by atoms with Crippen molar-refractivity contribution in [2.75, 3.05) is 19.0 Å². The minimum absolute atomic E-state index is 0.0357. The molecule has 2 rings (SSSR count). The van der Waals surface area contributed by atoms with Gasteiger partial charge in [0.2, 0.25) is 0 Å². The predicted octanol–water partition coefficient (Wildman–Crippen LogP) is 1.58. The van der Waals surface area contributed by atoms with Crippen LogP contribution in [-0.4, -0.2) is 33.4 Å². The van der Waals surface area contributed by atoms with Crippen LogP contribution >= 0.6 is 0 Å². The fraction of sp³-hybridized carbons (Fsp3) is 0.600. The van der Waals surface area contributed by atoms with E-state index in [1.807, 2.05) is 32.0 Å². The zero-order valence-corrected chi connectivity index (χ0v) is 12.9. The summed E-state index contributed by atoms with van der Waals surface area (Å²) in [7, 11) is -3.19. The predicted molar refractivity (Wildman–Crippen MR) is 80.3 cm³/mol. The molecule has 1 saturated heterocycles. The first-order chi connectivity index (χ1) is 9.35. The van der Waals surface area contributed by atoms with E-state index >= 15 is 0 Å². The van der Waals surface area contributed by atoms with Crippen LogP contribution in [0.3, 0.4) is 0 Å². The molecule has 0 saturated carbocycles. The largest absolute Gasteiger partial charge is 0.381 e. The van der Waals surface area contributed by atoms with Gasteiger partial charge in [-0.1, -0.05) is 29.3 Å². The summed E-state index contributed by atoms with van der Waals surface area (Å²) in [5, 5.41) is 0. The molecule has 112 valence electrons. The second-order valence-corrected chi connectivity index (χ2v) is 7.95. The highest BCUT2D eigenvalue weighted by molar-refractivity contribution is 7.90. The monoisotopic (exact) mass is 297 g/mol. The average Bonchev–Trinajstić information content (AvgIpc) is 2.78. The van der Waals surface area contributed by atoms with Crippen molar-refractivity contribution in [3.63, 3.8) is 0 Å². The van der Waals surface area contributed by atoms with E-state index in [1.165, 1.54) is 0 Å². The lowest BCUT2D eigenvalue weighted by atomic mass is 10.0. The number of rotatable bonds is 5. The molecule has 0 spiro atoms. The van der Waals surface area contributed by atoms with Crippen molar-refractivity contribution in [2.24, 2.45) is 11.7 Å². The summed E-state index contributed by atoms with van der Waals surface area (Å²) in [6.07, 6.45) is 0.861. The summed E-state index contributed by atoms with van der Waals surface area (Å²) in [5.74, 6) is 0.272. The van der Waals surface area contributed by atoms with Crippen molar-refractivity contribution in [2.45, 2.75) is 32.1 Å². The fourth-order valence-corrected chi connectivity index (χ4v) is 4.44. The highest BCUT2D eigenvalue weighted by Gasteiger charge is 2.27. The van der Waals surface area contributed by atoms with Crippen LogP contribution in [0.5, 0.6) is 0 Å². The molecule has 0 amide bonds. The zero-order valence-electron chi connectivity index (χ0n) is 12.1. The Bertz CT molecular complexity index is 542. The van der Waals surface area contributed by atoms with E-state index in [1.54, 1.807) is 0 Å². The van der Waals surface area contributed by atoms with Crippen LogP contribution in [0.4, 0.5) is 0 Å². The molecule has 1 heterocycles. The quantitative estimate of drug-likeness (QED) is 0.896. The lowest BCUT2D eigenvalue weighted by Crippen LogP contribution is -2.37. The van der Waals surface area contributed by atoms with Gasteiger partial charge in [-0.05, 0) is 25.8 Å². The molecule has 0 aromatic heterocycles. The van der Waals surface area contributed by atoms with Crippen LogP contribution in [0.1, 0.15) is 23.1 Å². The molecule has 2 N–H and O–H groups in total. The molecule has 20 heavy (non-hydrogen) atoms. The third kappa shape index (κ3) is 4.30. The number of nitrogens with two attached hydrogens (primary N) is 1. The lowest BCUT2D eigenvalue weighted by molar-refractivity contribution is 0.182. The maximum atomic E-state index is 12.3. The molecule has 1 aromatic carbocycles. The normalized spacial score (nSPS) is 21.1. The molecular formula is C15H23NO3S. The smallest absolute Gasteiger partial charge is 0.155 e. The highest BCUT2D eigenvalue weighted by atomic mass is 32.2. The van der Waals surface area contributed by atoms with Crippen LogP contribution in [0.15, 0.2) is 18.2 Å². The molecule has 5 heteroatoms. The maximum absolute atomic E-state index is 12.3. The van der Waals surface area contributed by atoms with E-state index in [0.29, 0.717) is 13.2 Å². The van der Waals surface area contributed by atoms with Gasteiger partial charge in [-0.15, -0.1) is 0 Å². The van der Waals surface area contributed by atoms with Gasteiger partial charge in [0.25, 0.3) is 0 Å². The van der Waals surface area contributed by atoms with Gasteiger partial charge in [0.15, 0.2) is 9.84 Å². The summed E-state index contributed by atoms with van der Waals surface area (Å²) in [5.41, 5.74) is 9.04. The summed E-state index contributed by atoms with van der Waals surface area (Å²) >= 11 is 0. The van der Waals surface area contributed by atoms with E-state index < -0.39 is 9.84 Å². The fourth-order valence-electron chi connectivity index (χ4n) is 2.78. The molecule has 1 fully saturated rings. The van der Waals surface area contributed by atoms with Crippen LogP contribution in [0, 0.1) is 19.8 Å². The maximum Gasteiger partial charge on any atom is 0.155 e. The molecule has 1 aromatic rings. The minimum atomic E-state index is -3.19. The molecule has 0 aliphatic carbocycles. The summed E-state index contributed by atoms with van der Waals surface area (Å²) in [4.78, 5) is 0.